The molecule has 0 saturated carbocycles. The van der Waals surface area contributed by atoms with Gasteiger partial charge in [0, 0.05) is 40.1 Å². The Morgan fingerprint density at radius 1 is 0.771 bits per heavy atom. The van der Waals surface area contributed by atoms with Crippen LogP contribution in [0.2, 0.25) is 10.0 Å². The van der Waals surface area contributed by atoms with Crippen LogP contribution in [0.5, 0.6) is 0 Å². The molecule has 4 rings (SSSR count). The van der Waals surface area contributed by atoms with Gasteiger partial charge in [0.25, 0.3) is 0 Å². The van der Waals surface area contributed by atoms with Crippen molar-refractivity contribution in [1.82, 2.24) is 5.43 Å². The molecular formula is C25H23Cl2N5O3. The molecule has 3 aromatic rings. The lowest BCUT2D eigenvalue weighted by atomic mass is 10.1. The van der Waals surface area contributed by atoms with Gasteiger partial charge in [-0.25, -0.2) is 20.0 Å². The van der Waals surface area contributed by atoms with Crippen molar-refractivity contribution >= 4 is 63.9 Å². The third kappa shape index (κ3) is 6.44. The number of piperidine rings is 1. The second kappa shape index (κ2) is 11.1. The summed E-state index contributed by atoms with van der Waals surface area (Å²) in [6.07, 6.45) is 2.41. The molecule has 1 aliphatic rings. The summed E-state index contributed by atoms with van der Waals surface area (Å²) in [6, 6.07) is 18.8. The Hall–Kier alpha value is -3.75. The van der Waals surface area contributed by atoms with Crippen molar-refractivity contribution in [2.45, 2.75) is 19.3 Å². The van der Waals surface area contributed by atoms with Crippen LogP contribution in [0.1, 0.15) is 19.3 Å². The molecule has 180 valence electrons. The largest absolute Gasteiger partial charge is 0.345 e. The first kappa shape index (κ1) is 24.4. The number of hydrazine groups is 1. The van der Waals surface area contributed by atoms with Gasteiger partial charge in [-0.05, 0) is 85.6 Å². The Balaban J connectivity index is 1.47. The van der Waals surface area contributed by atoms with E-state index in [0.29, 0.717) is 40.1 Å². The zero-order chi connectivity index (χ0) is 24.8. The molecule has 3 aromatic carbocycles. The van der Waals surface area contributed by atoms with Gasteiger partial charge in [0.15, 0.2) is 0 Å². The van der Waals surface area contributed by atoms with Crippen LogP contribution in [0.3, 0.4) is 0 Å². The molecule has 0 aliphatic carbocycles. The molecule has 0 atom stereocenters. The fourth-order valence-corrected chi connectivity index (χ4v) is 3.85. The zero-order valence-corrected chi connectivity index (χ0v) is 20.1. The Kier molecular flexibility index (Phi) is 7.74. The quantitative estimate of drug-likeness (QED) is 0.359. The molecule has 8 nitrogen and oxygen atoms in total. The number of rotatable bonds is 4. The van der Waals surface area contributed by atoms with Crippen molar-refractivity contribution in [3.05, 3.63) is 82.8 Å². The predicted octanol–water partition coefficient (Wildman–Crippen LogP) is 6.29. The smallest absolute Gasteiger partial charge is 0.312 e. The highest BCUT2D eigenvalue weighted by Gasteiger charge is 2.21. The fraction of sp³-hybridized carbons (Fsp3) is 0.160. The van der Waals surface area contributed by atoms with E-state index in [0.717, 1.165) is 23.5 Å². The summed E-state index contributed by atoms with van der Waals surface area (Å²) in [5.41, 5.74) is 4.73. The number of carbonyl (C=O) groups is 3. The predicted molar refractivity (Wildman–Crippen MR) is 139 cm³/mol. The number of amides is 5. The highest BCUT2D eigenvalue weighted by Crippen LogP contribution is 2.24. The van der Waals surface area contributed by atoms with Crippen molar-refractivity contribution in [3.63, 3.8) is 0 Å². The van der Waals surface area contributed by atoms with E-state index in [2.05, 4.69) is 16.1 Å². The van der Waals surface area contributed by atoms with E-state index in [1.807, 2.05) is 0 Å². The molecule has 0 aromatic heterocycles. The van der Waals surface area contributed by atoms with Gasteiger partial charge in [-0.15, -0.1) is 0 Å². The summed E-state index contributed by atoms with van der Waals surface area (Å²) < 4.78 is 0. The van der Waals surface area contributed by atoms with Gasteiger partial charge in [0.2, 0.25) is 5.91 Å². The van der Waals surface area contributed by atoms with E-state index in [1.165, 1.54) is 0 Å². The number of hydrogen-bond acceptors (Lipinski definition) is 3. The molecule has 0 bridgehead atoms. The molecule has 3 N–H and O–H groups in total. The highest BCUT2D eigenvalue weighted by molar-refractivity contribution is 6.31. The van der Waals surface area contributed by atoms with Crippen LogP contribution in [0, 0.1) is 0 Å². The van der Waals surface area contributed by atoms with Crippen LogP contribution in [0.15, 0.2) is 72.8 Å². The van der Waals surface area contributed by atoms with Gasteiger partial charge >= 0.3 is 12.1 Å². The summed E-state index contributed by atoms with van der Waals surface area (Å²) in [4.78, 5) is 39.7. The standard InChI is InChI=1S/C25H23Cl2N5O3/c26-17-4-8-19(9-5-17)28-24(34)30-32(22-12-6-18(27)7-13-22)25(35)29-20-10-14-21(15-11-20)31-16-2-1-3-23(31)33/h4-15H,1-3,16H2,(H,29,35)(H2,28,30,34). The second-order valence-corrected chi connectivity index (χ2v) is 8.74. The molecule has 1 fully saturated rings. The number of nitrogens with zero attached hydrogens (tertiary/aromatic N) is 2. The van der Waals surface area contributed by atoms with Crippen LogP contribution in [0.4, 0.5) is 32.3 Å². The van der Waals surface area contributed by atoms with Gasteiger partial charge in [0.1, 0.15) is 0 Å². The summed E-state index contributed by atoms with van der Waals surface area (Å²) in [5.74, 6) is 0.0952. The SMILES string of the molecule is O=C(Nc1ccc(Cl)cc1)NN(C(=O)Nc1ccc(N2CCCCC2=O)cc1)c1ccc(Cl)cc1. The van der Waals surface area contributed by atoms with E-state index >= 15 is 0 Å². The molecular weight excluding hydrogens is 489 g/mol. The van der Waals surface area contributed by atoms with Crippen LogP contribution in [0.25, 0.3) is 0 Å². The summed E-state index contributed by atoms with van der Waals surface area (Å²) >= 11 is 11.9. The zero-order valence-electron chi connectivity index (χ0n) is 18.6. The maximum Gasteiger partial charge on any atom is 0.345 e. The number of carbonyl (C=O) groups excluding carboxylic acids is 3. The van der Waals surface area contributed by atoms with Crippen LogP contribution in [-0.2, 0) is 4.79 Å². The summed E-state index contributed by atoms with van der Waals surface area (Å²) in [5, 5.41) is 7.51. The van der Waals surface area contributed by atoms with Gasteiger partial charge in [-0.1, -0.05) is 23.2 Å². The number of nitrogens with one attached hydrogen (secondary N) is 3. The Morgan fingerprint density at radius 2 is 1.34 bits per heavy atom. The Bertz CT molecular complexity index is 1200. The minimum absolute atomic E-state index is 0.0952. The Morgan fingerprint density at radius 3 is 1.97 bits per heavy atom. The summed E-state index contributed by atoms with van der Waals surface area (Å²) in [7, 11) is 0. The maximum atomic E-state index is 13.1. The molecule has 0 radical (unpaired) electrons. The Labute approximate surface area is 212 Å². The van der Waals surface area contributed by atoms with Crippen LogP contribution >= 0.6 is 23.2 Å². The lowest BCUT2D eigenvalue weighted by Gasteiger charge is -2.27. The van der Waals surface area contributed by atoms with E-state index < -0.39 is 12.1 Å². The van der Waals surface area contributed by atoms with E-state index in [4.69, 9.17) is 23.2 Å². The molecule has 5 amide bonds. The van der Waals surface area contributed by atoms with Gasteiger partial charge in [-0.3, -0.25) is 4.79 Å². The molecule has 10 heteroatoms. The first-order valence-corrected chi connectivity index (χ1v) is 11.7. The molecule has 0 spiro atoms. The second-order valence-electron chi connectivity index (χ2n) is 7.86. The number of urea groups is 2. The van der Waals surface area contributed by atoms with Crippen LogP contribution < -0.4 is 26.0 Å². The van der Waals surface area contributed by atoms with E-state index in [9.17, 15) is 14.4 Å². The third-order valence-electron chi connectivity index (χ3n) is 5.36. The monoisotopic (exact) mass is 511 g/mol. The lowest BCUT2D eigenvalue weighted by Crippen LogP contribution is -2.50. The minimum atomic E-state index is -0.628. The van der Waals surface area contributed by atoms with Crippen molar-refractivity contribution in [2.24, 2.45) is 0 Å². The average Bonchev–Trinajstić information content (AvgIpc) is 2.85. The highest BCUT2D eigenvalue weighted by atomic mass is 35.5. The van der Waals surface area contributed by atoms with Crippen molar-refractivity contribution < 1.29 is 14.4 Å². The molecule has 1 aliphatic heterocycles. The normalized spacial score (nSPS) is 13.2. The minimum Gasteiger partial charge on any atom is -0.312 e. The third-order valence-corrected chi connectivity index (χ3v) is 5.86. The first-order chi connectivity index (χ1) is 16.9. The molecule has 1 heterocycles. The molecule has 0 unspecified atom stereocenters. The molecule has 1 saturated heterocycles. The van der Waals surface area contributed by atoms with Gasteiger partial charge in [0.05, 0.1) is 5.69 Å². The molecule has 35 heavy (non-hydrogen) atoms. The first-order valence-electron chi connectivity index (χ1n) is 11.0. The van der Waals surface area contributed by atoms with Crippen molar-refractivity contribution in [3.8, 4) is 0 Å². The van der Waals surface area contributed by atoms with E-state index in [1.54, 1.807) is 77.7 Å². The lowest BCUT2D eigenvalue weighted by molar-refractivity contribution is -0.119. The number of anilines is 4. The summed E-state index contributed by atoms with van der Waals surface area (Å²) in [6.45, 7) is 0.682. The number of halogens is 2. The average molecular weight is 512 g/mol. The van der Waals surface area contributed by atoms with Crippen LogP contribution in [-0.4, -0.2) is 24.5 Å². The fourth-order valence-electron chi connectivity index (χ4n) is 3.60. The van der Waals surface area contributed by atoms with Gasteiger partial charge in [-0.2, -0.15) is 0 Å². The van der Waals surface area contributed by atoms with E-state index in [-0.39, 0.29) is 5.91 Å². The maximum absolute atomic E-state index is 13.1. The van der Waals surface area contributed by atoms with Crippen molar-refractivity contribution in [1.29, 1.82) is 0 Å². The number of benzene rings is 3. The van der Waals surface area contributed by atoms with Crippen molar-refractivity contribution in [2.75, 3.05) is 27.1 Å². The topological polar surface area (TPSA) is 93.8 Å². The van der Waals surface area contributed by atoms with Gasteiger partial charge < -0.3 is 15.5 Å². The number of hydrogen-bond donors (Lipinski definition) is 3.